The number of rotatable bonds is 4. The van der Waals surface area contributed by atoms with Crippen molar-refractivity contribution in [1.29, 1.82) is 0 Å². The fourth-order valence-corrected chi connectivity index (χ4v) is 3.15. The second-order valence-corrected chi connectivity index (χ2v) is 6.13. The highest BCUT2D eigenvalue weighted by Gasteiger charge is 2.30. The molecule has 1 aliphatic heterocycles. The molecule has 2 aromatic carbocycles. The maximum atomic E-state index is 12.9. The van der Waals surface area contributed by atoms with E-state index in [0.29, 0.717) is 5.75 Å². The summed E-state index contributed by atoms with van der Waals surface area (Å²) < 4.78 is 44.4. The van der Waals surface area contributed by atoms with E-state index >= 15 is 0 Å². The molecule has 3 nitrogen and oxygen atoms in total. The van der Waals surface area contributed by atoms with Crippen LogP contribution in [-0.4, -0.2) is 13.1 Å². The summed E-state index contributed by atoms with van der Waals surface area (Å²) in [7, 11) is 0. The van der Waals surface area contributed by atoms with Crippen LogP contribution in [0.3, 0.4) is 0 Å². The number of hydrogen-bond donors (Lipinski definition) is 1. The first-order valence-corrected chi connectivity index (χ1v) is 8.41. The van der Waals surface area contributed by atoms with Crippen LogP contribution in [0, 0.1) is 0 Å². The molecular formula is C19H21F3N2O. The van der Waals surface area contributed by atoms with Gasteiger partial charge in [-0.2, -0.15) is 13.2 Å². The van der Waals surface area contributed by atoms with E-state index in [-0.39, 0.29) is 12.3 Å². The van der Waals surface area contributed by atoms with Crippen LogP contribution in [0.15, 0.2) is 42.5 Å². The van der Waals surface area contributed by atoms with Crippen molar-refractivity contribution in [1.82, 2.24) is 0 Å². The summed E-state index contributed by atoms with van der Waals surface area (Å²) in [5, 5.41) is 0. The third kappa shape index (κ3) is 4.07. The number of nitrogens with zero attached hydrogens (tertiary/aromatic N) is 1. The smallest absolute Gasteiger partial charge is 0.416 e. The molecule has 2 N–H and O–H groups in total. The van der Waals surface area contributed by atoms with Crippen molar-refractivity contribution < 1.29 is 17.9 Å². The SMILES string of the molecule is NCc1c(Oc2cccc(C(F)(F)F)c2)cccc1N1CCCCC1. The third-order valence-electron chi connectivity index (χ3n) is 4.40. The number of alkyl halides is 3. The number of nitrogens with two attached hydrogens (primary N) is 1. The van der Waals surface area contributed by atoms with E-state index in [1.165, 1.54) is 18.6 Å². The first-order valence-electron chi connectivity index (χ1n) is 8.41. The van der Waals surface area contributed by atoms with Crippen LogP contribution in [0.25, 0.3) is 0 Å². The molecule has 0 unspecified atom stereocenters. The van der Waals surface area contributed by atoms with Gasteiger partial charge in [0.2, 0.25) is 0 Å². The monoisotopic (exact) mass is 350 g/mol. The van der Waals surface area contributed by atoms with Crippen molar-refractivity contribution >= 4 is 5.69 Å². The number of halogens is 3. The van der Waals surface area contributed by atoms with Gasteiger partial charge in [-0.25, -0.2) is 0 Å². The lowest BCUT2D eigenvalue weighted by Gasteiger charge is -2.31. The second kappa shape index (κ2) is 7.35. The summed E-state index contributed by atoms with van der Waals surface area (Å²) in [6.45, 7) is 2.18. The summed E-state index contributed by atoms with van der Waals surface area (Å²) in [6.07, 6.45) is -0.925. The molecule has 6 heteroatoms. The molecule has 0 amide bonds. The van der Waals surface area contributed by atoms with Gasteiger partial charge in [-0.1, -0.05) is 12.1 Å². The standard InChI is InChI=1S/C19H21F3N2O/c20-19(21,22)14-6-4-7-15(12-14)25-18-9-5-8-17(16(18)13-23)24-10-2-1-3-11-24/h4-9,12H,1-3,10-11,13,23H2. The molecule has 1 saturated heterocycles. The van der Waals surface area contributed by atoms with Crippen molar-refractivity contribution in [3.8, 4) is 11.5 Å². The Bertz CT molecular complexity index is 725. The number of benzene rings is 2. The Morgan fingerprint density at radius 1 is 1.00 bits per heavy atom. The molecule has 0 aromatic heterocycles. The highest BCUT2D eigenvalue weighted by molar-refractivity contribution is 5.60. The minimum absolute atomic E-state index is 0.153. The van der Waals surface area contributed by atoms with Gasteiger partial charge in [-0.05, 0) is 49.6 Å². The van der Waals surface area contributed by atoms with E-state index in [4.69, 9.17) is 10.5 Å². The largest absolute Gasteiger partial charge is 0.457 e. The van der Waals surface area contributed by atoms with Crippen LogP contribution >= 0.6 is 0 Å². The Morgan fingerprint density at radius 2 is 1.72 bits per heavy atom. The highest BCUT2D eigenvalue weighted by Crippen LogP contribution is 2.36. The van der Waals surface area contributed by atoms with E-state index in [1.54, 1.807) is 6.07 Å². The van der Waals surface area contributed by atoms with Gasteiger partial charge >= 0.3 is 6.18 Å². The average molecular weight is 350 g/mol. The van der Waals surface area contributed by atoms with Crippen molar-refractivity contribution in [2.75, 3.05) is 18.0 Å². The molecule has 0 radical (unpaired) electrons. The van der Waals surface area contributed by atoms with Gasteiger partial charge in [0, 0.05) is 30.9 Å². The van der Waals surface area contributed by atoms with Crippen LogP contribution in [0.5, 0.6) is 11.5 Å². The average Bonchev–Trinajstić information content (AvgIpc) is 2.62. The molecule has 2 aromatic rings. The van der Waals surface area contributed by atoms with E-state index in [2.05, 4.69) is 4.90 Å². The lowest BCUT2D eigenvalue weighted by atomic mass is 10.1. The van der Waals surface area contributed by atoms with Crippen LogP contribution in [0.4, 0.5) is 18.9 Å². The number of ether oxygens (including phenoxy) is 1. The molecule has 0 atom stereocenters. The molecule has 1 fully saturated rings. The van der Waals surface area contributed by atoms with E-state index < -0.39 is 11.7 Å². The molecule has 0 bridgehead atoms. The molecular weight excluding hydrogens is 329 g/mol. The lowest BCUT2D eigenvalue weighted by Crippen LogP contribution is -2.30. The summed E-state index contributed by atoms with van der Waals surface area (Å²) in [5.74, 6) is 0.658. The molecule has 0 saturated carbocycles. The summed E-state index contributed by atoms with van der Waals surface area (Å²) in [5.41, 5.74) is 7.02. The summed E-state index contributed by atoms with van der Waals surface area (Å²) >= 11 is 0. The molecule has 1 heterocycles. The Hall–Kier alpha value is -2.21. The number of anilines is 1. The van der Waals surface area contributed by atoms with Gasteiger partial charge in [-0.3, -0.25) is 0 Å². The topological polar surface area (TPSA) is 38.5 Å². The molecule has 134 valence electrons. The Balaban J connectivity index is 1.90. The molecule has 3 rings (SSSR count). The van der Waals surface area contributed by atoms with Crippen molar-refractivity contribution in [3.63, 3.8) is 0 Å². The van der Waals surface area contributed by atoms with E-state index in [9.17, 15) is 13.2 Å². The Kier molecular flexibility index (Phi) is 5.18. The van der Waals surface area contributed by atoms with Gasteiger partial charge < -0.3 is 15.4 Å². The lowest BCUT2D eigenvalue weighted by molar-refractivity contribution is -0.137. The molecule has 0 spiro atoms. The summed E-state index contributed by atoms with van der Waals surface area (Å²) in [6, 6.07) is 10.5. The van der Waals surface area contributed by atoms with Gasteiger partial charge in [-0.15, -0.1) is 0 Å². The molecule has 1 aliphatic rings. The zero-order valence-corrected chi connectivity index (χ0v) is 13.9. The second-order valence-electron chi connectivity index (χ2n) is 6.13. The first-order chi connectivity index (χ1) is 12.0. The fourth-order valence-electron chi connectivity index (χ4n) is 3.15. The number of piperidine rings is 1. The van der Waals surface area contributed by atoms with Crippen molar-refractivity contribution in [2.45, 2.75) is 32.0 Å². The van der Waals surface area contributed by atoms with Crippen LogP contribution < -0.4 is 15.4 Å². The van der Waals surface area contributed by atoms with Crippen LogP contribution in [0.2, 0.25) is 0 Å². The predicted molar refractivity (Wildman–Crippen MR) is 91.9 cm³/mol. The predicted octanol–water partition coefficient (Wildman–Crippen LogP) is 4.95. The zero-order chi connectivity index (χ0) is 17.9. The van der Waals surface area contributed by atoms with Crippen molar-refractivity contribution in [2.24, 2.45) is 5.73 Å². The zero-order valence-electron chi connectivity index (χ0n) is 13.9. The minimum Gasteiger partial charge on any atom is -0.457 e. The maximum Gasteiger partial charge on any atom is 0.416 e. The molecule has 0 aliphatic carbocycles. The summed E-state index contributed by atoms with van der Waals surface area (Å²) in [4.78, 5) is 2.27. The maximum absolute atomic E-state index is 12.9. The van der Waals surface area contributed by atoms with E-state index in [1.807, 2.05) is 12.1 Å². The van der Waals surface area contributed by atoms with Gasteiger partial charge in [0.15, 0.2) is 0 Å². The van der Waals surface area contributed by atoms with Crippen LogP contribution in [0.1, 0.15) is 30.4 Å². The quantitative estimate of drug-likeness (QED) is 0.848. The highest BCUT2D eigenvalue weighted by atomic mass is 19.4. The fraction of sp³-hybridized carbons (Fsp3) is 0.368. The van der Waals surface area contributed by atoms with Gasteiger partial charge in [0.25, 0.3) is 0 Å². The Morgan fingerprint density at radius 3 is 2.40 bits per heavy atom. The number of hydrogen-bond acceptors (Lipinski definition) is 3. The third-order valence-corrected chi connectivity index (χ3v) is 4.40. The minimum atomic E-state index is -4.40. The van der Waals surface area contributed by atoms with Gasteiger partial charge in [0.05, 0.1) is 5.56 Å². The van der Waals surface area contributed by atoms with Crippen molar-refractivity contribution in [3.05, 3.63) is 53.6 Å². The van der Waals surface area contributed by atoms with Gasteiger partial charge in [0.1, 0.15) is 11.5 Å². The normalized spacial score (nSPS) is 15.3. The Labute approximate surface area is 145 Å². The van der Waals surface area contributed by atoms with Crippen LogP contribution in [-0.2, 0) is 12.7 Å². The molecule has 25 heavy (non-hydrogen) atoms. The van der Waals surface area contributed by atoms with E-state index in [0.717, 1.165) is 49.3 Å². The first kappa shape index (κ1) is 17.6.